The van der Waals surface area contributed by atoms with Crippen molar-refractivity contribution in [3.8, 4) is 5.75 Å². The van der Waals surface area contributed by atoms with Crippen molar-refractivity contribution in [3.63, 3.8) is 0 Å². The highest BCUT2D eigenvalue weighted by molar-refractivity contribution is 7.51. The number of aryl methyl sites for hydroxylation is 1. The molecule has 0 radical (unpaired) electrons. The molecular formula is C12H16F2NO2P. The van der Waals surface area contributed by atoms with Crippen molar-refractivity contribution in [2.45, 2.75) is 13.3 Å². The van der Waals surface area contributed by atoms with Gasteiger partial charge in [0, 0.05) is 18.8 Å². The summed E-state index contributed by atoms with van der Waals surface area (Å²) in [6.07, 6.45) is -3.00. The lowest BCUT2D eigenvalue weighted by molar-refractivity contribution is -0.128. The number of benzene rings is 1. The number of carbonyl (C=O) groups excluding carboxylic acids is 1. The highest BCUT2D eigenvalue weighted by atomic mass is 31.1. The molecule has 0 aliphatic heterocycles. The van der Waals surface area contributed by atoms with Gasteiger partial charge in [-0.3, -0.25) is 4.79 Å². The van der Waals surface area contributed by atoms with Gasteiger partial charge in [0.05, 0.1) is 8.15 Å². The number of rotatable bonds is 4. The Morgan fingerprint density at radius 3 is 2.50 bits per heavy atom. The van der Waals surface area contributed by atoms with E-state index in [0.29, 0.717) is 11.4 Å². The number of nitrogens with zero attached hydrogens (tertiary/aromatic N) is 1. The van der Waals surface area contributed by atoms with Crippen LogP contribution < -0.4 is 9.42 Å². The van der Waals surface area contributed by atoms with E-state index >= 15 is 0 Å². The lowest BCUT2D eigenvalue weighted by Crippen LogP contribution is -2.31. The number of carbonyl (C=O) groups is 1. The zero-order chi connectivity index (χ0) is 13.9. The maximum atomic E-state index is 12.3. The van der Waals surface area contributed by atoms with Gasteiger partial charge in [-0.2, -0.15) is 8.78 Å². The van der Waals surface area contributed by atoms with Crippen molar-refractivity contribution in [2.75, 3.05) is 25.3 Å². The van der Waals surface area contributed by atoms with Gasteiger partial charge < -0.3 is 9.42 Å². The average molecular weight is 275 g/mol. The molecule has 3 nitrogen and oxygen atoms in total. The molecule has 0 saturated carbocycles. The van der Waals surface area contributed by atoms with Gasteiger partial charge >= 0.3 is 6.43 Å². The Hall–Kier alpha value is -1.22. The van der Waals surface area contributed by atoms with E-state index in [1.54, 1.807) is 18.2 Å². The Bertz CT molecular complexity index is 438. The molecule has 0 saturated heterocycles. The van der Waals surface area contributed by atoms with Crippen molar-refractivity contribution >= 4 is 19.7 Å². The van der Waals surface area contributed by atoms with E-state index in [1.165, 1.54) is 7.05 Å². The molecule has 1 aromatic carbocycles. The van der Waals surface area contributed by atoms with Crippen LogP contribution >= 0.6 is 8.15 Å². The lowest BCUT2D eigenvalue weighted by Gasteiger charge is -2.19. The van der Waals surface area contributed by atoms with Crippen LogP contribution in [0, 0.1) is 6.92 Å². The predicted molar refractivity (Wildman–Crippen MR) is 70.0 cm³/mol. The Labute approximate surface area is 107 Å². The highest BCUT2D eigenvalue weighted by Crippen LogP contribution is 2.34. The number of halogens is 2. The third-order valence-electron chi connectivity index (χ3n) is 2.36. The van der Waals surface area contributed by atoms with Crippen LogP contribution in [0.15, 0.2) is 18.2 Å². The van der Waals surface area contributed by atoms with Crippen LogP contribution in [0.2, 0.25) is 0 Å². The monoisotopic (exact) mass is 275 g/mol. The number of alkyl halides is 2. The first-order valence-electron chi connectivity index (χ1n) is 5.34. The maximum Gasteiger partial charge on any atom is 0.316 e. The van der Waals surface area contributed by atoms with Crippen molar-refractivity contribution in [3.05, 3.63) is 23.8 Å². The van der Waals surface area contributed by atoms with Crippen LogP contribution in [0.1, 0.15) is 5.56 Å². The molecule has 1 rings (SSSR count). The highest BCUT2D eigenvalue weighted by Gasteiger charge is 2.21. The number of amides is 1. The molecule has 0 unspecified atom stereocenters. The molecule has 18 heavy (non-hydrogen) atoms. The molecule has 0 heterocycles. The number of hydrogen-bond donors (Lipinski definition) is 0. The zero-order valence-electron chi connectivity index (χ0n) is 10.8. The summed E-state index contributed by atoms with van der Waals surface area (Å²) in [4.78, 5) is 12.1. The van der Waals surface area contributed by atoms with Gasteiger partial charge in [-0.05, 0) is 31.9 Å². The summed E-state index contributed by atoms with van der Waals surface area (Å²) in [6.45, 7) is 5.75. The summed E-state index contributed by atoms with van der Waals surface area (Å²) >= 11 is 0. The van der Waals surface area contributed by atoms with E-state index in [0.717, 1.165) is 10.5 Å². The van der Waals surface area contributed by atoms with Crippen LogP contribution in [0.5, 0.6) is 5.75 Å². The van der Waals surface area contributed by atoms with Crippen molar-refractivity contribution < 1.29 is 18.1 Å². The second-order valence-electron chi connectivity index (χ2n) is 4.05. The average Bonchev–Trinajstić information content (AvgIpc) is 2.29. The molecule has 0 spiro atoms. The van der Waals surface area contributed by atoms with Crippen LogP contribution in [0.4, 0.5) is 14.5 Å². The molecule has 0 fully saturated rings. The normalized spacial score (nSPS) is 10.9. The summed E-state index contributed by atoms with van der Waals surface area (Å²) in [5.41, 5.74) is 1.31. The Kier molecular flexibility index (Phi) is 5.03. The van der Waals surface area contributed by atoms with Gasteiger partial charge in [0.1, 0.15) is 5.75 Å². The topological polar surface area (TPSA) is 29.5 Å². The predicted octanol–water partition coefficient (Wildman–Crippen LogP) is 3.26. The zero-order valence-corrected chi connectivity index (χ0v) is 11.7. The summed E-state index contributed by atoms with van der Waals surface area (Å²) in [6, 6.07) is 4.98. The Balaban J connectivity index is 3.00. The molecule has 0 atom stereocenters. The van der Waals surface area contributed by atoms with Crippen LogP contribution in [0.3, 0.4) is 0 Å². The maximum absolute atomic E-state index is 12.3. The van der Waals surface area contributed by atoms with Crippen LogP contribution in [-0.4, -0.2) is 32.7 Å². The van der Waals surface area contributed by atoms with E-state index in [1.807, 2.05) is 20.3 Å². The molecule has 100 valence electrons. The van der Waals surface area contributed by atoms with Crippen LogP contribution in [0.25, 0.3) is 0 Å². The van der Waals surface area contributed by atoms with Gasteiger partial charge in [-0.25, -0.2) is 0 Å². The van der Waals surface area contributed by atoms with E-state index in [2.05, 4.69) is 0 Å². The van der Waals surface area contributed by atoms with Crippen molar-refractivity contribution in [1.29, 1.82) is 0 Å². The SMILES string of the molecule is Cc1ccc(N(C)C(=O)C(F)F)cc1OP(C)C. The summed E-state index contributed by atoms with van der Waals surface area (Å²) < 4.78 is 30.3. The van der Waals surface area contributed by atoms with E-state index in [9.17, 15) is 13.6 Å². The molecule has 1 amide bonds. The first kappa shape index (κ1) is 14.8. The summed E-state index contributed by atoms with van der Waals surface area (Å²) in [7, 11) is 0.719. The molecule has 0 aromatic heterocycles. The van der Waals surface area contributed by atoms with Gasteiger partial charge in [-0.1, -0.05) is 6.07 Å². The minimum Gasteiger partial charge on any atom is -0.474 e. The molecule has 0 aliphatic rings. The summed E-state index contributed by atoms with van der Waals surface area (Å²) in [5.74, 6) is -0.599. The van der Waals surface area contributed by atoms with Crippen LogP contribution in [-0.2, 0) is 4.79 Å². The fourth-order valence-corrected chi connectivity index (χ4v) is 1.96. The molecular weight excluding hydrogens is 259 g/mol. The third-order valence-corrected chi connectivity index (χ3v) is 2.92. The smallest absolute Gasteiger partial charge is 0.316 e. The van der Waals surface area contributed by atoms with E-state index in [4.69, 9.17) is 4.52 Å². The number of hydrogen-bond acceptors (Lipinski definition) is 2. The molecule has 0 aliphatic carbocycles. The quantitative estimate of drug-likeness (QED) is 0.789. The molecule has 6 heteroatoms. The Morgan fingerprint density at radius 2 is 2.00 bits per heavy atom. The number of anilines is 1. The van der Waals surface area contributed by atoms with Crippen molar-refractivity contribution in [1.82, 2.24) is 0 Å². The van der Waals surface area contributed by atoms with Gasteiger partial charge in [0.2, 0.25) is 0 Å². The minimum absolute atomic E-state index is 0.401. The minimum atomic E-state index is -3.00. The Morgan fingerprint density at radius 1 is 1.39 bits per heavy atom. The van der Waals surface area contributed by atoms with E-state index < -0.39 is 20.5 Å². The van der Waals surface area contributed by atoms with Gasteiger partial charge in [-0.15, -0.1) is 0 Å². The van der Waals surface area contributed by atoms with Gasteiger partial charge in [0.25, 0.3) is 5.91 Å². The molecule has 0 bridgehead atoms. The second-order valence-corrected chi connectivity index (χ2v) is 5.86. The molecule has 1 aromatic rings. The van der Waals surface area contributed by atoms with Gasteiger partial charge in [0.15, 0.2) is 0 Å². The lowest BCUT2D eigenvalue weighted by atomic mass is 10.2. The summed E-state index contributed by atoms with van der Waals surface area (Å²) in [5, 5.41) is 0. The first-order chi connectivity index (χ1) is 8.32. The fraction of sp³-hybridized carbons (Fsp3) is 0.417. The third kappa shape index (κ3) is 3.64. The first-order valence-corrected chi connectivity index (χ1v) is 7.50. The largest absolute Gasteiger partial charge is 0.474 e. The fourth-order valence-electron chi connectivity index (χ4n) is 1.37. The molecule has 0 N–H and O–H groups in total. The van der Waals surface area contributed by atoms with E-state index in [-0.39, 0.29) is 0 Å². The second kappa shape index (κ2) is 6.10. The standard InChI is InChI=1S/C12H16F2NO2P/c1-8-5-6-9(7-10(8)17-18(3)4)15(2)12(16)11(13)14/h5-7,11H,1-4H3. The van der Waals surface area contributed by atoms with Crippen molar-refractivity contribution in [2.24, 2.45) is 0 Å².